The van der Waals surface area contributed by atoms with Crippen LogP contribution in [0.5, 0.6) is 11.5 Å². The highest BCUT2D eigenvalue weighted by molar-refractivity contribution is 5.77. The van der Waals surface area contributed by atoms with Gasteiger partial charge < -0.3 is 20.1 Å². The van der Waals surface area contributed by atoms with Gasteiger partial charge >= 0.3 is 6.18 Å². The lowest BCUT2D eigenvalue weighted by Gasteiger charge is -2.16. The largest absolute Gasteiger partial charge is 0.480 e. The first kappa shape index (κ1) is 21.3. The Labute approximate surface area is 157 Å². The summed E-state index contributed by atoms with van der Waals surface area (Å²) in [5.74, 6) is -0.269. The van der Waals surface area contributed by atoms with Crippen LogP contribution in [0.2, 0.25) is 0 Å². The van der Waals surface area contributed by atoms with Gasteiger partial charge in [0.05, 0.1) is 0 Å². The molecule has 0 bridgehead atoms. The van der Waals surface area contributed by atoms with Crippen molar-refractivity contribution in [2.45, 2.75) is 50.7 Å². The second kappa shape index (κ2) is 11.0. The van der Waals surface area contributed by atoms with Gasteiger partial charge in [-0.05, 0) is 25.0 Å². The molecule has 0 unspecified atom stereocenters. The van der Waals surface area contributed by atoms with Crippen LogP contribution in [-0.4, -0.2) is 44.4 Å². The molecule has 2 rings (SSSR count). The lowest BCUT2D eigenvalue weighted by molar-refractivity contribution is -0.153. The zero-order valence-electron chi connectivity index (χ0n) is 15.3. The number of rotatable bonds is 9. The number of alkyl halides is 3. The minimum atomic E-state index is -4.44. The van der Waals surface area contributed by atoms with Crippen molar-refractivity contribution in [1.82, 2.24) is 10.6 Å². The predicted octanol–water partition coefficient (Wildman–Crippen LogP) is 3.44. The molecule has 0 saturated heterocycles. The van der Waals surface area contributed by atoms with Crippen LogP contribution in [0.4, 0.5) is 13.2 Å². The van der Waals surface area contributed by atoms with Crippen LogP contribution in [0.1, 0.15) is 38.5 Å². The fourth-order valence-corrected chi connectivity index (χ4v) is 3.00. The van der Waals surface area contributed by atoms with E-state index in [1.54, 1.807) is 6.07 Å². The smallest absolute Gasteiger partial charge is 0.422 e. The van der Waals surface area contributed by atoms with Gasteiger partial charge in [-0.2, -0.15) is 13.2 Å². The van der Waals surface area contributed by atoms with E-state index in [4.69, 9.17) is 9.47 Å². The molecule has 1 aromatic rings. The number of halogens is 3. The molecule has 1 amide bonds. The van der Waals surface area contributed by atoms with Crippen molar-refractivity contribution < 1.29 is 27.4 Å². The van der Waals surface area contributed by atoms with E-state index in [0.29, 0.717) is 19.1 Å². The Morgan fingerprint density at radius 2 is 1.63 bits per heavy atom. The second-order valence-corrected chi connectivity index (χ2v) is 6.63. The zero-order valence-corrected chi connectivity index (χ0v) is 15.3. The van der Waals surface area contributed by atoms with Crippen LogP contribution in [0.15, 0.2) is 24.3 Å². The number of para-hydroxylation sites is 2. The maximum absolute atomic E-state index is 12.3. The van der Waals surface area contributed by atoms with Crippen LogP contribution in [0.25, 0.3) is 0 Å². The van der Waals surface area contributed by atoms with Gasteiger partial charge in [-0.25, -0.2) is 0 Å². The molecule has 0 radical (unpaired) electrons. The molecule has 1 saturated carbocycles. The highest BCUT2D eigenvalue weighted by atomic mass is 19.4. The number of benzene rings is 1. The third-order valence-electron chi connectivity index (χ3n) is 4.33. The van der Waals surface area contributed by atoms with Crippen LogP contribution in [0, 0.1) is 0 Å². The summed E-state index contributed by atoms with van der Waals surface area (Å²) in [7, 11) is 0. The molecule has 0 spiro atoms. The zero-order chi connectivity index (χ0) is 19.5. The molecule has 2 N–H and O–H groups in total. The Kier molecular flexibility index (Phi) is 8.71. The number of hydrogen-bond donors (Lipinski definition) is 2. The second-order valence-electron chi connectivity index (χ2n) is 6.63. The van der Waals surface area contributed by atoms with Crippen molar-refractivity contribution in [3.8, 4) is 11.5 Å². The van der Waals surface area contributed by atoms with E-state index in [9.17, 15) is 18.0 Å². The van der Waals surface area contributed by atoms with Crippen molar-refractivity contribution in [3.63, 3.8) is 0 Å². The number of nitrogens with one attached hydrogen (secondary N) is 2. The van der Waals surface area contributed by atoms with E-state index < -0.39 is 12.8 Å². The first-order valence-corrected chi connectivity index (χ1v) is 9.35. The monoisotopic (exact) mass is 388 g/mol. The van der Waals surface area contributed by atoms with E-state index in [2.05, 4.69) is 10.6 Å². The van der Waals surface area contributed by atoms with Crippen molar-refractivity contribution in [2.24, 2.45) is 0 Å². The number of hydrogen-bond acceptors (Lipinski definition) is 4. The molecule has 152 valence electrons. The molecule has 0 aliphatic heterocycles. The van der Waals surface area contributed by atoms with Crippen LogP contribution < -0.4 is 20.1 Å². The number of carbonyl (C=O) groups is 1. The topological polar surface area (TPSA) is 59.6 Å². The third-order valence-corrected chi connectivity index (χ3v) is 4.33. The average molecular weight is 388 g/mol. The summed E-state index contributed by atoms with van der Waals surface area (Å²) < 4.78 is 46.9. The summed E-state index contributed by atoms with van der Waals surface area (Å²) in [6.07, 6.45) is 2.98. The molecule has 0 atom stereocenters. The molecule has 0 heterocycles. The molecule has 8 heteroatoms. The van der Waals surface area contributed by atoms with Crippen molar-refractivity contribution in [2.75, 3.05) is 26.3 Å². The van der Waals surface area contributed by atoms with E-state index in [1.165, 1.54) is 56.7 Å². The first-order valence-electron chi connectivity index (χ1n) is 9.35. The SMILES string of the molecule is O=C(COc1ccccc1OCC(F)(F)F)NCCNC1CCCCCC1. The molecule has 5 nitrogen and oxygen atoms in total. The van der Waals surface area contributed by atoms with E-state index in [1.807, 2.05) is 0 Å². The fraction of sp³-hybridized carbons (Fsp3) is 0.632. The van der Waals surface area contributed by atoms with Crippen LogP contribution in [-0.2, 0) is 4.79 Å². The average Bonchev–Trinajstić information content (AvgIpc) is 2.90. The molecular formula is C19H27F3N2O3. The summed E-state index contributed by atoms with van der Waals surface area (Å²) in [5.41, 5.74) is 0. The van der Waals surface area contributed by atoms with E-state index in [0.717, 1.165) is 0 Å². The molecule has 1 fully saturated rings. The molecule has 1 aromatic carbocycles. The predicted molar refractivity (Wildman–Crippen MR) is 96.0 cm³/mol. The maximum Gasteiger partial charge on any atom is 0.422 e. The van der Waals surface area contributed by atoms with Gasteiger partial charge in [-0.1, -0.05) is 37.8 Å². The summed E-state index contributed by atoms with van der Waals surface area (Å²) in [6, 6.07) is 6.49. The van der Waals surface area contributed by atoms with Gasteiger partial charge in [-0.15, -0.1) is 0 Å². The van der Waals surface area contributed by atoms with Crippen molar-refractivity contribution >= 4 is 5.91 Å². The number of ether oxygens (including phenoxy) is 2. The number of amides is 1. The fourth-order valence-electron chi connectivity index (χ4n) is 3.00. The summed E-state index contributed by atoms with van der Waals surface area (Å²) >= 11 is 0. The van der Waals surface area contributed by atoms with Crippen LogP contribution in [0.3, 0.4) is 0 Å². The van der Waals surface area contributed by atoms with Gasteiger partial charge in [0.1, 0.15) is 0 Å². The minimum Gasteiger partial charge on any atom is -0.480 e. The van der Waals surface area contributed by atoms with Gasteiger partial charge in [0.25, 0.3) is 5.91 Å². The lowest BCUT2D eigenvalue weighted by Crippen LogP contribution is -2.38. The highest BCUT2D eigenvalue weighted by Crippen LogP contribution is 2.28. The Balaban J connectivity index is 1.66. The maximum atomic E-state index is 12.3. The summed E-state index contributed by atoms with van der Waals surface area (Å²) in [6.45, 7) is -0.533. The third kappa shape index (κ3) is 8.99. The normalized spacial score (nSPS) is 15.8. The first-order chi connectivity index (χ1) is 12.9. The summed E-state index contributed by atoms with van der Waals surface area (Å²) in [4.78, 5) is 11.9. The molecule has 0 aromatic heterocycles. The number of carbonyl (C=O) groups excluding carboxylic acids is 1. The standard InChI is InChI=1S/C19H27F3N2O3/c20-19(21,22)14-27-17-10-6-5-9-16(17)26-13-18(25)24-12-11-23-15-7-3-1-2-4-8-15/h5-6,9-10,15,23H,1-4,7-8,11-14H2,(H,24,25). The molecular weight excluding hydrogens is 361 g/mol. The van der Waals surface area contributed by atoms with Gasteiger partial charge in [0.15, 0.2) is 24.7 Å². The van der Waals surface area contributed by atoms with Crippen LogP contribution >= 0.6 is 0 Å². The van der Waals surface area contributed by atoms with Crippen molar-refractivity contribution in [1.29, 1.82) is 0 Å². The summed E-state index contributed by atoms with van der Waals surface area (Å²) in [5, 5.41) is 6.19. The highest BCUT2D eigenvalue weighted by Gasteiger charge is 2.29. The Morgan fingerprint density at radius 1 is 1.00 bits per heavy atom. The minimum absolute atomic E-state index is 0.0438. The lowest BCUT2D eigenvalue weighted by atomic mass is 10.1. The van der Waals surface area contributed by atoms with Gasteiger partial charge in [0, 0.05) is 19.1 Å². The quantitative estimate of drug-likeness (QED) is 0.503. The molecule has 27 heavy (non-hydrogen) atoms. The van der Waals surface area contributed by atoms with Crippen molar-refractivity contribution in [3.05, 3.63) is 24.3 Å². The Hall–Kier alpha value is -1.96. The van der Waals surface area contributed by atoms with Gasteiger partial charge in [-0.3, -0.25) is 4.79 Å². The molecule has 1 aliphatic rings. The van der Waals surface area contributed by atoms with Gasteiger partial charge in [0.2, 0.25) is 0 Å². The Morgan fingerprint density at radius 3 is 2.26 bits per heavy atom. The molecule has 1 aliphatic carbocycles. The Bertz CT molecular complexity index is 574. The van der Waals surface area contributed by atoms with E-state index >= 15 is 0 Å². The van der Waals surface area contributed by atoms with E-state index in [-0.39, 0.29) is 24.0 Å².